The first-order valence-electron chi connectivity index (χ1n) is 16.0. The number of methoxy groups -OCH3 is 1. The third-order valence-electron chi connectivity index (χ3n) is 8.20. The van der Waals surface area contributed by atoms with Crippen molar-refractivity contribution < 1.29 is 99.9 Å². The van der Waals surface area contributed by atoms with Crippen molar-refractivity contribution >= 4 is 110 Å². The van der Waals surface area contributed by atoms with E-state index in [1.807, 2.05) is 0 Å². The van der Waals surface area contributed by atoms with Gasteiger partial charge in [-0.15, -0.1) is 10.2 Å². The number of hydrogen-bond donors (Lipinski definition) is 9. The maximum absolute atomic E-state index is 13.1. The van der Waals surface area contributed by atoms with Crippen molar-refractivity contribution in [2.75, 3.05) is 23.7 Å². The number of aryl methyl sites for hydroxylation is 1. The van der Waals surface area contributed by atoms with Crippen molar-refractivity contribution in [3.05, 3.63) is 48.0 Å². The summed E-state index contributed by atoms with van der Waals surface area (Å²) in [6, 6.07) is 4.46. The molecule has 0 amide bonds. The van der Waals surface area contributed by atoms with E-state index in [0.29, 0.717) is 31.2 Å². The number of rotatable bonds is 17. The third kappa shape index (κ3) is 11.3. The maximum Gasteiger partial charge on any atom is 0.398 e. The number of nitrogens with one attached hydrogen (secondary N) is 2. The smallest absolute Gasteiger partial charge is 0.398 e. The lowest BCUT2D eigenvalue weighted by Gasteiger charge is -2.20. The van der Waals surface area contributed by atoms with Crippen LogP contribution in [-0.4, -0.2) is 105 Å². The molecule has 0 saturated carbocycles. The molecule has 2 atom stereocenters. The van der Waals surface area contributed by atoms with E-state index >= 15 is 0 Å². The zero-order chi connectivity index (χ0) is 48.2. The SMILES string of the molecule is COc1cc(S(=O)(=O)C(C)OS(=O)(=O)O)c(C)cc1NNc1c(S(=O)(=O)O)cc2c(S(=O)(=O)O)c(N)c(N=Nc3ccc(S(=O)(=O)C(C)OS(=O)(=O)O)cc3S(=O)(=O)O)cc2c1O. The fourth-order valence-corrected chi connectivity index (χ4v) is 11.8. The van der Waals surface area contributed by atoms with Gasteiger partial charge >= 0.3 is 20.8 Å². The second-order valence-corrected chi connectivity index (χ2v) is 23.1. The van der Waals surface area contributed by atoms with E-state index < -0.39 is 145 Å². The Morgan fingerprint density at radius 1 is 0.619 bits per heavy atom. The normalized spacial score (nSPS) is 14.4. The van der Waals surface area contributed by atoms with Gasteiger partial charge in [-0.05, 0) is 62.7 Å². The zero-order valence-electron chi connectivity index (χ0n) is 31.6. The van der Waals surface area contributed by atoms with Crippen molar-refractivity contribution in [2.24, 2.45) is 10.2 Å². The molecule has 4 aromatic carbocycles. The number of hydrogen-bond acceptors (Lipinski definition) is 23. The van der Waals surface area contributed by atoms with E-state index in [0.717, 1.165) is 26.2 Å². The van der Waals surface area contributed by atoms with E-state index in [1.54, 1.807) is 0 Å². The lowest BCUT2D eigenvalue weighted by Crippen LogP contribution is -2.25. The molecule has 0 aliphatic heterocycles. The van der Waals surface area contributed by atoms with Gasteiger partial charge in [-0.1, -0.05) is 0 Å². The Hall–Kier alpha value is -4.89. The summed E-state index contributed by atoms with van der Waals surface area (Å²) in [5, 5.41) is 16.9. The summed E-state index contributed by atoms with van der Waals surface area (Å²) in [5.74, 6) is -1.64. The molecular weight excluding hydrogens is 999 g/mol. The Labute approximate surface area is 357 Å². The number of aromatic hydroxyl groups is 1. The molecule has 0 heterocycles. The number of hydrazine groups is 1. The van der Waals surface area contributed by atoms with Crippen LogP contribution >= 0.6 is 0 Å². The topological polar surface area (TPSA) is 463 Å². The first-order chi connectivity index (χ1) is 28.4. The first kappa shape index (κ1) is 50.8. The van der Waals surface area contributed by atoms with Crippen molar-refractivity contribution in [1.82, 2.24) is 0 Å². The molecule has 0 radical (unpaired) electrons. The van der Waals surface area contributed by atoms with Crippen LogP contribution in [0.2, 0.25) is 0 Å². The van der Waals surface area contributed by atoms with Gasteiger partial charge < -0.3 is 15.6 Å². The van der Waals surface area contributed by atoms with Crippen LogP contribution in [-0.2, 0) is 79.2 Å². The molecule has 0 bridgehead atoms. The quantitative estimate of drug-likeness (QED) is 0.0240. The second-order valence-electron chi connectivity index (χ2n) is 12.4. The Morgan fingerprint density at radius 3 is 1.63 bits per heavy atom. The van der Waals surface area contributed by atoms with Gasteiger partial charge in [0.05, 0.1) is 28.3 Å². The summed E-state index contributed by atoms with van der Waals surface area (Å²) in [4.78, 5) is -5.59. The second kappa shape index (κ2) is 17.2. The molecule has 4 aromatic rings. The minimum Gasteiger partial charge on any atom is -0.505 e. The highest BCUT2D eigenvalue weighted by atomic mass is 32.3. The summed E-state index contributed by atoms with van der Waals surface area (Å²) in [7, 11) is -35.7. The summed E-state index contributed by atoms with van der Waals surface area (Å²) < 4.78 is 233. The Kier molecular flexibility index (Phi) is 13.9. The van der Waals surface area contributed by atoms with E-state index in [4.69, 9.17) is 19.6 Å². The van der Waals surface area contributed by atoms with Crippen LogP contribution < -0.4 is 21.3 Å². The number of ether oxygens (including phenoxy) is 1. The number of sulfone groups is 2. The molecule has 63 heavy (non-hydrogen) atoms. The Bertz CT molecular complexity index is 3400. The number of nitrogens with zero attached hydrogens (tertiary/aromatic N) is 2. The van der Waals surface area contributed by atoms with Gasteiger partial charge in [-0.3, -0.25) is 33.6 Å². The number of phenolic OH excluding ortho intramolecular Hbond substituents is 1. The van der Waals surface area contributed by atoms with Crippen molar-refractivity contribution in [1.29, 1.82) is 0 Å². The minimum atomic E-state index is -5.58. The zero-order valence-corrected chi connectivity index (χ0v) is 37.4. The van der Waals surface area contributed by atoms with Crippen LogP contribution in [0.5, 0.6) is 11.5 Å². The average molecular weight is 1030 g/mol. The molecule has 4 rings (SSSR count). The maximum atomic E-state index is 13.1. The number of benzene rings is 4. The van der Waals surface area contributed by atoms with Crippen LogP contribution in [0.25, 0.3) is 10.8 Å². The van der Waals surface area contributed by atoms with Gasteiger partial charge in [0.1, 0.15) is 43.2 Å². The van der Waals surface area contributed by atoms with Gasteiger partial charge in [0, 0.05) is 16.8 Å². The molecule has 28 nitrogen and oxygen atoms in total. The highest BCUT2D eigenvalue weighted by molar-refractivity contribution is 7.93. The van der Waals surface area contributed by atoms with Crippen LogP contribution in [0.3, 0.4) is 0 Å². The van der Waals surface area contributed by atoms with Gasteiger partial charge in [-0.25, -0.2) is 25.2 Å². The molecule has 35 heteroatoms. The molecule has 0 fully saturated rings. The van der Waals surface area contributed by atoms with Gasteiger partial charge in [0.2, 0.25) is 19.7 Å². The fraction of sp³-hybridized carbons (Fsp3) is 0.214. The highest BCUT2D eigenvalue weighted by Gasteiger charge is 2.33. The fourth-order valence-electron chi connectivity index (χ4n) is 5.41. The van der Waals surface area contributed by atoms with E-state index in [9.17, 15) is 77.7 Å². The lowest BCUT2D eigenvalue weighted by molar-refractivity contribution is 0.250. The number of anilines is 3. The predicted octanol–water partition coefficient (Wildman–Crippen LogP) is 1.92. The molecule has 10 N–H and O–H groups in total. The van der Waals surface area contributed by atoms with Crippen LogP contribution in [0, 0.1) is 6.92 Å². The van der Waals surface area contributed by atoms with Crippen molar-refractivity contribution in [3.8, 4) is 11.5 Å². The van der Waals surface area contributed by atoms with Crippen LogP contribution in [0.4, 0.5) is 28.4 Å². The monoisotopic (exact) mass is 1030 g/mol. The predicted molar refractivity (Wildman–Crippen MR) is 214 cm³/mol. The van der Waals surface area contributed by atoms with Crippen LogP contribution in [0.15, 0.2) is 77.2 Å². The van der Waals surface area contributed by atoms with Gasteiger partial charge in [0.25, 0.3) is 30.4 Å². The molecule has 0 aliphatic carbocycles. The Morgan fingerprint density at radius 2 is 1.14 bits per heavy atom. The average Bonchev–Trinajstić information content (AvgIpc) is 3.10. The largest absolute Gasteiger partial charge is 0.505 e. The number of fused-ring (bicyclic) bond motifs is 1. The van der Waals surface area contributed by atoms with Gasteiger partial charge in [-0.2, -0.15) is 42.1 Å². The molecule has 0 aliphatic rings. The summed E-state index contributed by atoms with van der Waals surface area (Å²) >= 11 is 0. The number of azo groups is 1. The Balaban J connectivity index is 1.93. The summed E-state index contributed by atoms with van der Waals surface area (Å²) in [5.41, 5.74) is 1.80. The van der Waals surface area contributed by atoms with E-state index in [-0.39, 0.29) is 23.1 Å². The molecule has 348 valence electrons. The van der Waals surface area contributed by atoms with Gasteiger partial charge in [0.15, 0.2) is 10.9 Å². The van der Waals surface area contributed by atoms with Crippen molar-refractivity contribution in [2.45, 2.75) is 56.1 Å². The number of nitrogen functional groups attached to an aromatic ring is 1. The molecule has 2 unspecified atom stereocenters. The third-order valence-corrected chi connectivity index (χ3v) is 16.1. The first-order valence-corrected chi connectivity index (χ1v) is 26.2. The van der Waals surface area contributed by atoms with E-state index in [2.05, 4.69) is 29.4 Å². The standard InChI is InChI=1S/C28H31N5O23S7/c1-12-7-19(21(54-4)11-22(12)58(37,38)14(3)56-63(51,52)53)31-33-26-24(60(42,43)44)10-17-16(27(26)34)9-20(25(29)28(17)61(45,46)47)32-30-18-6-5-15(8-23(18)59(39,40)41)57(35,36)13(2)55-62(48,49)50/h5-11,13-14,31,33-34H,29H2,1-4H3,(H,39,40,41)(H,42,43,44)(H,45,46,47)(H,48,49,50)(H,51,52,53). The molecule has 0 aromatic heterocycles. The summed E-state index contributed by atoms with van der Waals surface area (Å²) in [6.45, 7) is 2.63. The van der Waals surface area contributed by atoms with Crippen LogP contribution in [0.1, 0.15) is 19.4 Å². The number of nitrogens with two attached hydrogens (primary N) is 1. The molecule has 0 spiro atoms. The molecular formula is C28H31N5O23S7. The minimum absolute atomic E-state index is 0.152. The van der Waals surface area contributed by atoms with E-state index in [1.165, 1.54) is 6.92 Å². The molecule has 0 saturated heterocycles. The number of phenols is 1. The lowest BCUT2D eigenvalue weighted by atomic mass is 10.1. The van der Waals surface area contributed by atoms with Crippen molar-refractivity contribution in [3.63, 3.8) is 0 Å². The highest BCUT2D eigenvalue weighted by Crippen LogP contribution is 2.46. The summed E-state index contributed by atoms with van der Waals surface area (Å²) in [6.07, 6.45) is 0.